The Morgan fingerprint density at radius 3 is 2.67 bits per heavy atom. The van der Waals surface area contributed by atoms with Gasteiger partial charge >= 0.3 is 0 Å². The molecule has 0 spiro atoms. The van der Waals surface area contributed by atoms with E-state index in [0.29, 0.717) is 0 Å². The summed E-state index contributed by atoms with van der Waals surface area (Å²) in [4.78, 5) is 0. The SMILES string of the molecule is CCc1cccc2c1c1cc(OC)ccc1n2C. The second-order valence-corrected chi connectivity index (χ2v) is 4.61. The lowest BCUT2D eigenvalue weighted by molar-refractivity contribution is 0.415. The van der Waals surface area contributed by atoms with Crippen molar-refractivity contribution in [3.63, 3.8) is 0 Å². The van der Waals surface area contributed by atoms with Gasteiger partial charge in [-0.3, -0.25) is 0 Å². The summed E-state index contributed by atoms with van der Waals surface area (Å²) in [7, 11) is 3.84. The van der Waals surface area contributed by atoms with Gasteiger partial charge in [-0.25, -0.2) is 0 Å². The molecular weight excluding hydrogens is 222 g/mol. The van der Waals surface area contributed by atoms with Crippen LogP contribution in [0.3, 0.4) is 0 Å². The average Bonchev–Trinajstić information content (AvgIpc) is 2.72. The Morgan fingerprint density at radius 1 is 1.11 bits per heavy atom. The van der Waals surface area contributed by atoms with Gasteiger partial charge in [-0.05, 0) is 36.2 Å². The van der Waals surface area contributed by atoms with Gasteiger partial charge < -0.3 is 9.30 Å². The van der Waals surface area contributed by atoms with E-state index in [4.69, 9.17) is 4.74 Å². The van der Waals surface area contributed by atoms with Crippen LogP contribution in [-0.2, 0) is 13.5 Å². The van der Waals surface area contributed by atoms with E-state index in [1.54, 1.807) is 7.11 Å². The Balaban J connectivity index is 2.52. The van der Waals surface area contributed by atoms with Crippen molar-refractivity contribution in [2.75, 3.05) is 7.11 Å². The summed E-state index contributed by atoms with van der Waals surface area (Å²) in [5.74, 6) is 0.918. The van der Waals surface area contributed by atoms with Crippen molar-refractivity contribution in [3.8, 4) is 5.75 Å². The monoisotopic (exact) mass is 239 g/mol. The first-order valence-electron chi connectivity index (χ1n) is 6.30. The first-order chi connectivity index (χ1) is 8.76. The van der Waals surface area contributed by atoms with Crippen molar-refractivity contribution in [2.45, 2.75) is 13.3 Å². The molecule has 0 aliphatic rings. The van der Waals surface area contributed by atoms with Gasteiger partial charge in [0.1, 0.15) is 5.75 Å². The van der Waals surface area contributed by atoms with Gasteiger partial charge in [0.15, 0.2) is 0 Å². The van der Waals surface area contributed by atoms with Gasteiger partial charge in [-0.1, -0.05) is 19.1 Å². The van der Waals surface area contributed by atoms with E-state index in [-0.39, 0.29) is 0 Å². The zero-order valence-electron chi connectivity index (χ0n) is 11.0. The summed E-state index contributed by atoms with van der Waals surface area (Å²) in [6.45, 7) is 2.20. The molecule has 0 amide bonds. The maximum atomic E-state index is 5.34. The van der Waals surface area contributed by atoms with Crippen LogP contribution in [0.4, 0.5) is 0 Å². The van der Waals surface area contributed by atoms with Gasteiger partial charge in [0, 0.05) is 28.9 Å². The normalized spacial score (nSPS) is 11.3. The van der Waals surface area contributed by atoms with Crippen LogP contribution >= 0.6 is 0 Å². The number of rotatable bonds is 2. The molecule has 1 aromatic heterocycles. The van der Waals surface area contributed by atoms with Crippen molar-refractivity contribution in [1.29, 1.82) is 0 Å². The number of fused-ring (bicyclic) bond motifs is 3. The zero-order valence-corrected chi connectivity index (χ0v) is 11.0. The fourth-order valence-corrected chi connectivity index (χ4v) is 2.74. The summed E-state index contributed by atoms with van der Waals surface area (Å²) in [6.07, 6.45) is 1.05. The highest BCUT2D eigenvalue weighted by molar-refractivity contribution is 6.10. The second-order valence-electron chi connectivity index (χ2n) is 4.61. The molecule has 0 unspecified atom stereocenters. The Labute approximate surface area is 107 Å². The minimum absolute atomic E-state index is 0.918. The van der Waals surface area contributed by atoms with Crippen molar-refractivity contribution in [3.05, 3.63) is 42.0 Å². The first-order valence-corrected chi connectivity index (χ1v) is 6.30. The lowest BCUT2D eigenvalue weighted by Crippen LogP contribution is -1.87. The molecule has 92 valence electrons. The van der Waals surface area contributed by atoms with Crippen LogP contribution < -0.4 is 4.74 Å². The lowest BCUT2D eigenvalue weighted by atomic mass is 10.0. The molecule has 3 aromatic rings. The molecule has 0 N–H and O–H groups in total. The molecule has 3 rings (SSSR count). The number of benzene rings is 2. The van der Waals surface area contributed by atoms with E-state index in [0.717, 1.165) is 12.2 Å². The molecule has 0 bridgehead atoms. The minimum Gasteiger partial charge on any atom is -0.497 e. The molecule has 1 heterocycles. The number of ether oxygens (including phenoxy) is 1. The van der Waals surface area contributed by atoms with Gasteiger partial charge in [0.05, 0.1) is 7.11 Å². The molecule has 0 fully saturated rings. The van der Waals surface area contributed by atoms with Crippen LogP contribution in [0.5, 0.6) is 5.75 Å². The smallest absolute Gasteiger partial charge is 0.119 e. The maximum Gasteiger partial charge on any atom is 0.119 e. The molecule has 0 aliphatic carbocycles. The Kier molecular flexibility index (Phi) is 2.51. The second kappa shape index (κ2) is 4.05. The van der Waals surface area contributed by atoms with E-state index >= 15 is 0 Å². The topological polar surface area (TPSA) is 14.2 Å². The number of nitrogens with zero attached hydrogens (tertiary/aromatic N) is 1. The largest absolute Gasteiger partial charge is 0.497 e. The third-order valence-corrected chi connectivity index (χ3v) is 3.71. The van der Waals surface area contributed by atoms with E-state index < -0.39 is 0 Å². The Bertz CT molecular complexity index is 725. The Hall–Kier alpha value is -1.96. The summed E-state index contributed by atoms with van der Waals surface area (Å²) >= 11 is 0. The van der Waals surface area contributed by atoms with Crippen LogP contribution in [0.1, 0.15) is 12.5 Å². The quantitative estimate of drug-likeness (QED) is 0.661. The standard InChI is InChI=1S/C16H17NO/c1-4-11-6-5-7-15-16(11)13-10-12(18-3)8-9-14(13)17(15)2/h5-10H,4H2,1-3H3. The van der Waals surface area contributed by atoms with E-state index in [9.17, 15) is 0 Å². The molecule has 2 aromatic carbocycles. The summed E-state index contributed by atoms with van der Waals surface area (Å²) in [6, 6.07) is 12.8. The van der Waals surface area contributed by atoms with Crippen molar-refractivity contribution < 1.29 is 4.74 Å². The highest BCUT2D eigenvalue weighted by atomic mass is 16.5. The van der Waals surface area contributed by atoms with E-state index in [1.165, 1.54) is 27.4 Å². The van der Waals surface area contributed by atoms with Crippen LogP contribution in [0.15, 0.2) is 36.4 Å². The summed E-state index contributed by atoms with van der Waals surface area (Å²) in [5, 5.41) is 2.64. The molecule has 2 nitrogen and oxygen atoms in total. The van der Waals surface area contributed by atoms with E-state index in [1.807, 2.05) is 6.07 Å². The molecule has 0 saturated carbocycles. The van der Waals surface area contributed by atoms with Crippen LogP contribution in [0.2, 0.25) is 0 Å². The third kappa shape index (κ3) is 1.42. The van der Waals surface area contributed by atoms with Crippen LogP contribution in [-0.4, -0.2) is 11.7 Å². The fraction of sp³-hybridized carbons (Fsp3) is 0.250. The predicted octanol–water partition coefficient (Wildman–Crippen LogP) is 3.90. The molecule has 0 atom stereocenters. The van der Waals surface area contributed by atoms with Crippen LogP contribution in [0, 0.1) is 0 Å². The van der Waals surface area contributed by atoms with Crippen molar-refractivity contribution in [2.24, 2.45) is 7.05 Å². The highest BCUT2D eigenvalue weighted by Crippen LogP contribution is 2.33. The number of aromatic nitrogens is 1. The number of hydrogen-bond acceptors (Lipinski definition) is 1. The van der Waals surface area contributed by atoms with Crippen molar-refractivity contribution >= 4 is 21.8 Å². The summed E-state index contributed by atoms with van der Waals surface area (Å²) < 4.78 is 7.60. The average molecular weight is 239 g/mol. The lowest BCUT2D eigenvalue weighted by Gasteiger charge is -2.01. The highest BCUT2D eigenvalue weighted by Gasteiger charge is 2.11. The number of hydrogen-bond donors (Lipinski definition) is 0. The molecular formula is C16H17NO. The third-order valence-electron chi connectivity index (χ3n) is 3.71. The van der Waals surface area contributed by atoms with Crippen molar-refractivity contribution in [1.82, 2.24) is 4.57 Å². The molecule has 0 radical (unpaired) electrons. The fourth-order valence-electron chi connectivity index (χ4n) is 2.74. The van der Waals surface area contributed by atoms with Gasteiger partial charge in [-0.15, -0.1) is 0 Å². The first kappa shape index (κ1) is 11.1. The molecule has 0 saturated heterocycles. The van der Waals surface area contributed by atoms with Gasteiger partial charge in [-0.2, -0.15) is 0 Å². The zero-order chi connectivity index (χ0) is 12.7. The molecule has 2 heteroatoms. The number of methoxy groups -OCH3 is 1. The summed E-state index contributed by atoms with van der Waals surface area (Å²) in [5.41, 5.74) is 3.94. The maximum absolute atomic E-state index is 5.34. The number of aryl methyl sites for hydroxylation is 2. The van der Waals surface area contributed by atoms with Crippen LogP contribution in [0.25, 0.3) is 21.8 Å². The van der Waals surface area contributed by atoms with Gasteiger partial charge in [0.2, 0.25) is 0 Å². The predicted molar refractivity (Wildman–Crippen MR) is 76.4 cm³/mol. The van der Waals surface area contributed by atoms with E-state index in [2.05, 4.69) is 48.9 Å². The van der Waals surface area contributed by atoms with Gasteiger partial charge in [0.25, 0.3) is 0 Å². The molecule has 18 heavy (non-hydrogen) atoms. The molecule has 0 aliphatic heterocycles. The Morgan fingerprint density at radius 2 is 1.94 bits per heavy atom. The minimum atomic E-state index is 0.918.